The molecule has 0 unspecified atom stereocenters. The zero-order valence-corrected chi connectivity index (χ0v) is 21.6. The monoisotopic (exact) mass is 536 g/mol. The number of carbonyl (C=O) groups is 2. The Labute approximate surface area is 224 Å². The second-order valence-electron chi connectivity index (χ2n) is 8.88. The van der Waals surface area contributed by atoms with Crippen LogP contribution in [-0.2, 0) is 27.2 Å². The number of hydrogen-bond acceptors (Lipinski definition) is 8. The van der Waals surface area contributed by atoms with E-state index in [2.05, 4.69) is 37.5 Å². The normalized spacial score (nSPS) is 12.7. The molecule has 38 heavy (non-hydrogen) atoms. The summed E-state index contributed by atoms with van der Waals surface area (Å²) in [5, 5.41) is 14.7. The van der Waals surface area contributed by atoms with Crippen LogP contribution in [0, 0.1) is 0 Å². The lowest BCUT2D eigenvalue weighted by molar-refractivity contribution is -0.152. The maximum absolute atomic E-state index is 12.8. The van der Waals surface area contributed by atoms with Crippen molar-refractivity contribution in [1.82, 2.24) is 30.6 Å². The molecule has 2 heterocycles. The number of nitrogens with one attached hydrogen (secondary N) is 2. The summed E-state index contributed by atoms with van der Waals surface area (Å²) in [4.78, 5) is 31.7. The number of primary amides is 1. The predicted octanol–water partition coefficient (Wildman–Crippen LogP) is 3.28. The van der Waals surface area contributed by atoms with Crippen LogP contribution >= 0.6 is 11.6 Å². The average molecular weight is 537 g/mol. The molecule has 0 spiro atoms. The molecule has 2 aromatic heterocycles. The zero-order chi connectivity index (χ0) is 27.1. The first kappa shape index (κ1) is 27.0. The number of halogens is 1. The molecule has 11 nitrogen and oxygen atoms in total. The first-order valence-electron chi connectivity index (χ1n) is 12.3. The van der Waals surface area contributed by atoms with Crippen LogP contribution in [0.5, 0.6) is 0 Å². The molecule has 0 fully saturated rings. The smallest absolute Gasteiger partial charge is 0.324 e. The molecule has 0 aliphatic rings. The van der Waals surface area contributed by atoms with Gasteiger partial charge < -0.3 is 21.2 Å². The molecule has 2 atom stereocenters. The van der Waals surface area contributed by atoms with E-state index < -0.39 is 24.0 Å². The molecule has 0 aliphatic heterocycles. The molecule has 4 aromatic rings. The van der Waals surface area contributed by atoms with Crippen LogP contribution in [0.15, 0.2) is 48.5 Å². The van der Waals surface area contributed by atoms with Gasteiger partial charge >= 0.3 is 5.97 Å². The van der Waals surface area contributed by atoms with Gasteiger partial charge in [0.2, 0.25) is 11.7 Å². The van der Waals surface area contributed by atoms with Crippen LogP contribution in [0.1, 0.15) is 49.4 Å². The molecule has 12 heteroatoms. The first-order valence-corrected chi connectivity index (χ1v) is 12.6. The highest BCUT2D eigenvalue weighted by Crippen LogP contribution is 2.34. The number of aromatic amines is 2. The van der Waals surface area contributed by atoms with Gasteiger partial charge in [0.1, 0.15) is 18.0 Å². The zero-order valence-electron chi connectivity index (χ0n) is 20.9. The van der Waals surface area contributed by atoms with Gasteiger partial charge in [0.15, 0.2) is 5.15 Å². The number of aryl methyl sites for hydroxylation is 1. The molecular formula is C26H29ClN8O3. The second kappa shape index (κ2) is 12.4. The van der Waals surface area contributed by atoms with E-state index in [1.165, 1.54) is 0 Å². The fourth-order valence-electron chi connectivity index (χ4n) is 4.08. The van der Waals surface area contributed by atoms with Gasteiger partial charge in [-0.1, -0.05) is 67.4 Å². The minimum absolute atomic E-state index is 0.205. The fraction of sp³-hybridized carbons (Fsp3) is 0.308. The Balaban J connectivity index is 1.69. The standard InChI is InChI=1S/C26H29ClN8O3/c1-2-3-9-22-30-23(24(27)31-22)20(38-26(37)19(28)14-21(29)36)13-15-10-11-17(16-7-5-4-6-8-16)18(12-15)25-32-34-35-33-25/h4-8,10-12,19-20H,2-3,9,13-14,28H2,1H3,(H2,29,36)(H,30,31)(H,32,33,34,35)/t19-,20-/m0/s1. The Kier molecular flexibility index (Phi) is 8.82. The summed E-state index contributed by atoms with van der Waals surface area (Å²) in [6.45, 7) is 2.08. The van der Waals surface area contributed by atoms with Gasteiger partial charge in [-0.25, -0.2) is 4.98 Å². The maximum Gasteiger partial charge on any atom is 0.324 e. The predicted molar refractivity (Wildman–Crippen MR) is 142 cm³/mol. The number of nitrogens with zero attached hydrogens (tertiary/aromatic N) is 4. The summed E-state index contributed by atoms with van der Waals surface area (Å²) in [6, 6.07) is 14.4. The van der Waals surface area contributed by atoms with E-state index in [-0.39, 0.29) is 18.0 Å². The maximum atomic E-state index is 12.8. The van der Waals surface area contributed by atoms with Crippen molar-refractivity contribution in [3.8, 4) is 22.5 Å². The number of imidazole rings is 1. The van der Waals surface area contributed by atoms with E-state index in [9.17, 15) is 9.59 Å². The Morgan fingerprint density at radius 1 is 1.13 bits per heavy atom. The molecule has 4 rings (SSSR count). The van der Waals surface area contributed by atoms with Crippen LogP contribution < -0.4 is 11.5 Å². The van der Waals surface area contributed by atoms with Crippen molar-refractivity contribution < 1.29 is 14.3 Å². The van der Waals surface area contributed by atoms with Crippen molar-refractivity contribution in [1.29, 1.82) is 0 Å². The lowest BCUT2D eigenvalue weighted by Gasteiger charge is -2.20. The number of unbranched alkanes of at least 4 members (excludes halogenated alkanes) is 1. The summed E-state index contributed by atoms with van der Waals surface area (Å²) in [5.74, 6) is -0.354. The number of rotatable bonds is 12. The number of ether oxygens (including phenoxy) is 1. The molecular weight excluding hydrogens is 508 g/mol. The second-order valence-corrected chi connectivity index (χ2v) is 9.24. The van der Waals surface area contributed by atoms with Gasteiger partial charge in [0.25, 0.3) is 0 Å². The Hall–Kier alpha value is -4.09. The van der Waals surface area contributed by atoms with Crippen LogP contribution in [0.25, 0.3) is 22.5 Å². The third-order valence-corrected chi connectivity index (χ3v) is 6.27. The third-order valence-electron chi connectivity index (χ3n) is 5.98. The first-order chi connectivity index (χ1) is 18.4. The largest absolute Gasteiger partial charge is 0.454 e. The number of aromatic nitrogens is 6. The van der Waals surface area contributed by atoms with Gasteiger partial charge in [-0.2, -0.15) is 5.21 Å². The van der Waals surface area contributed by atoms with E-state index in [1.54, 1.807) is 0 Å². The van der Waals surface area contributed by atoms with E-state index >= 15 is 0 Å². The van der Waals surface area contributed by atoms with Crippen molar-refractivity contribution in [3.63, 3.8) is 0 Å². The molecule has 1 amide bonds. The number of nitrogens with two attached hydrogens (primary N) is 2. The molecule has 0 saturated carbocycles. The molecule has 0 radical (unpaired) electrons. The van der Waals surface area contributed by atoms with Gasteiger partial charge in [-0.15, -0.1) is 10.2 Å². The summed E-state index contributed by atoms with van der Waals surface area (Å²) in [6.07, 6.45) is 1.66. The fourth-order valence-corrected chi connectivity index (χ4v) is 4.35. The lowest BCUT2D eigenvalue weighted by Crippen LogP contribution is -2.37. The highest BCUT2D eigenvalue weighted by molar-refractivity contribution is 6.30. The van der Waals surface area contributed by atoms with Crippen molar-refractivity contribution >= 4 is 23.5 Å². The minimum atomic E-state index is -1.20. The number of benzene rings is 2. The van der Waals surface area contributed by atoms with Crippen LogP contribution in [0.2, 0.25) is 5.15 Å². The average Bonchev–Trinajstić information content (AvgIpc) is 3.57. The Morgan fingerprint density at radius 3 is 2.61 bits per heavy atom. The highest BCUT2D eigenvalue weighted by Gasteiger charge is 2.27. The number of hydrogen-bond donors (Lipinski definition) is 4. The lowest BCUT2D eigenvalue weighted by atomic mass is 9.95. The summed E-state index contributed by atoms with van der Waals surface area (Å²) >= 11 is 6.48. The molecule has 2 aromatic carbocycles. The summed E-state index contributed by atoms with van der Waals surface area (Å²) < 4.78 is 5.77. The Bertz CT molecular complexity index is 1370. The summed E-state index contributed by atoms with van der Waals surface area (Å²) in [7, 11) is 0. The Morgan fingerprint density at radius 2 is 1.92 bits per heavy atom. The number of amides is 1. The van der Waals surface area contributed by atoms with Gasteiger partial charge in [-0.05, 0) is 34.4 Å². The van der Waals surface area contributed by atoms with E-state index in [1.807, 2.05) is 48.5 Å². The van der Waals surface area contributed by atoms with Gasteiger partial charge in [-0.3, -0.25) is 9.59 Å². The highest BCUT2D eigenvalue weighted by atomic mass is 35.5. The van der Waals surface area contributed by atoms with Crippen LogP contribution in [0.4, 0.5) is 0 Å². The summed E-state index contributed by atoms with van der Waals surface area (Å²) in [5.41, 5.74) is 15.0. The van der Waals surface area contributed by atoms with Crippen molar-refractivity contribution in [2.24, 2.45) is 11.5 Å². The SMILES string of the molecule is CCCCc1nc(Cl)c([C@H](Cc2ccc(-c3ccccc3)c(-c3nn[nH]n3)c2)OC(=O)[C@@H](N)CC(N)=O)[nH]1. The number of tetrazole rings is 1. The van der Waals surface area contributed by atoms with E-state index in [0.29, 0.717) is 23.8 Å². The van der Waals surface area contributed by atoms with Crippen molar-refractivity contribution in [3.05, 3.63) is 70.8 Å². The topological polar surface area (TPSA) is 179 Å². The quantitative estimate of drug-likeness (QED) is 0.199. The molecule has 0 aliphatic carbocycles. The van der Waals surface area contributed by atoms with E-state index in [4.69, 9.17) is 27.8 Å². The van der Waals surface area contributed by atoms with Gasteiger partial charge in [0, 0.05) is 18.4 Å². The molecule has 198 valence electrons. The van der Waals surface area contributed by atoms with Gasteiger partial charge in [0.05, 0.1) is 12.1 Å². The molecule has 0 bridgehead atoms. The minimum Gasteiger partial charge on any atom is -0.454 e. The molecule has 0 saturated heterocycles. The van der Waals surface area contributed by atoms with Crippen molar-refractivity contribution in [2.75, 3.05) is 0 Å². The van der Waals surface area contributed by atoms with Crippen LogP contribution in [-0.4, -0.2) is 48.5 Å². The number of esters is 1. The van der Waals surface area contributed by atoms with Crippen molar-refractivity contribution in [2.45, 2.75) is 51.2 Å². The van der Waals surface area contributed by atoms with E-state index in [0.717, 1.165) is 35.1 Å². The molecule has 6 N–H and O–H groups in total. The van der Waals surface area contributed by atoms with Crippen LogP contribution in [0.3, 0.4) is 0 Å². The number of carbonyl (C=O) groups excluding carboxylic acids is 2. The number of H-pyrrole nitrogens is 2. The third kappa shape index (κ3) is 6.61.